The fraction of sp³-hybridized carbons (Fsp3) is 0.333. The van der Waals surface area contributed by atoms with E-state index >= 15 is 0 Å². The molecule has 3 heteroatoms. The second kappa shape index (κ2) is 3.16. The lowest BCUT2D eigenvalue weighted by molar-refractivity contribution is 0.711. The molecule has 0 heterocycles. The third-order valence-electron chi connectivity index (χ3n) is 2.28. The van der Waals surface area contributed by atoms with Gasteiger partial charge in [-0.3, -0.25) is 0 Å². The Hall–Kier alpha value is 0.200. The van der Waals surface area contributed by atoms with Gasteiger partial charge in [-0.05, 0) is 58.7 Å². The molecule has 0 amide bonds. The summed E-state index contributed by atoms with van der Waals surface area (Å²) >= 11 is 8.23. The fourth-order valence-electron chi connectivity index (χ4n) is 1.72. The number of benzene rings is 1. The minimum atomic E-state index is 0.226. The van der Waals surface area contributed by atoms with E-state index in [0.29, 0.717) is 0 Å². The molecule has 2 N–H and O–H groups in total. The van der Waals surface area contributed by atoms with Gasteiger partial charge in [0.05, 0.1) is 0 Å². The zero-order valence-electron chi connectivity index (χ0n) is 6.48. The molecular formula is C9H9ClIN. The molecule has 0 bridgehead atoms. The van der Waals surface area contributed by atoms with Crippen molar-refractivity contribution >= 4 is 34.2 Å². The summed E-state index contributed by atoms with van der Waals surface area (Å²) in [5.41, 5.74) is 8.59. The highest BCUT2D eigenvalue weighted by atomic mass is 127. The number of rotatable bonds is 0. The molecule has 0 saturated carbocycles. The van der Waals surface area contributed by atoms with Crippen molar-refractivity contribution in [3.63, 3.8) is 0 Å². The maximum absolute atomic E-state index is 5.95. The van der Waals surface area contributed by atoms with Crippen molar-refractivity contribution in [3.8, 4) is 0 Å². The first-order valence-corrected chi connectivity index (χ1v) is 5.37. The summed E-state index contributed by atoms with van der Waals surface area (Å²) in [6.45, 7) is 0. The van der Waals surface area contributed by atoms with Crippen LogP contribution in [0, 0.1) is 3.57 Å². The summed E-state index contributed by atoms with van der Waals surface area (Å²) in [6, 6.07) is 4.24. The van der Waals surface area contributed by atoms with E-state index in [9.17, 15) is 0 Å². The highest BCUT2D eigenvalue weighted by Gasteiger charge is 2.21. The van der Waals surface area contributed by atoms with Crippen molar-refractivity contribution in [3.05, 3.63) is 31.9 Å². The van der Waals surface area contributed by atoms with Gasteiger partial charge in [0, 0.05) is 14.6 Å². The Morgan fingerprint density at radius 2 is 2.25 bits per heavy atom. The van der Waals surface area contributed by atoms with E-state index < -0.39 is 0 Å². The molecule has 0 radical (unpaired) electrons. The van der Waals surface area contributed by atoms with Crippen LogP contribution < -0.4 is 5.73 Å². The van der Waals surface area contributed by atoms with Crippen molar-refractivity contribution in [2.45, 2.75) is 18.9 Å². The lowest BCUT2D eigenvalue weighted by Crippen LogP contribution is -2.06. The predicted molar refractivity (Wildman–Crippen MR) is 59.4 cm³/mol. The Kier molecular flexibility index (Phi) is 2.31. The monoisotopic (exact) mass is 293 g/mol. The number of aryl methyl sites for hydroxylation is 1. The zero-order chi connectivity index (χ0) is 8.72. The van der Waals surface area contributed by atoms with Crippen LogP contribution in [0.3, 0.4) is 0 Å². The van der Waals surface area contributed by atoms with Gasteiger partial charge in [0.1, 0.15) is 0 Å². The molecule has 0 spiro atoms. The molecule has 1 aliphatic rings. The minimum Gasteiger partial charge on any atom is -0.324 e. The number of fused-ring (bicyclic) bond motifs is 1. The summed E-state index contributed by atoms with van der Waals surface area (Å²) < 4.78 is 1.21. The van der Waals surface area contributed by atoms with Gasteiger partial charge in [0.2, 0.25) is 0 Å². The summed E-state index contributed by atoms with van der Waals surface area (Å²) in [7, 11) is 0. The molecule has 12 heavy (non-hydrogen) atoms. The zero-order valence-corrected chi connectivity index (χ0v) is 9.39. The molecule has 1 atom stereocenters. The Bertz CT molecular complexity index is 325. The van der Waals surface area contributed by atoms with E-state index in [1.807, 2.05) is 12.1 Å². The van der Waals surface area contributed by atoms with Crippen molar-refractivity contribution < 1.29 is 0 Å². The van der Waals surface area contributed by atoms with Crippen LogP contribution in [0.1, 0.15) is 23.6 Å². The molecule has 1 aromatic rings. The van der Waals surface area contributed by atoms with Gasteiger partial charge in [-0.1, -0.05) is 11.6 Å². The molecule has 64 valence electrons. The molecule has 0 aliphatic heterocycles. The van der Waals surface area contributed by atoms with Crippen LogP contribution in [0.4, 0.5) is 0 Å². The quantitative estimate of drug-likeness (QED) is 0.731. The molecule has 1 aromatic carbocycles. The SMILES string of the molecule is N[C@H]1CCc2cc(Cl)cc(I)c21. The van der Waals surface area contributed by atoms with Crippen molar-refractivity contribution in [2.75, 3.05) is 0 Å². The topological polar surface area (TPSA) is 26.0 Å². The third-order valence-corrected chi connectivity index (χ3v) is 3.39. The Morgan fingerprint density at radius 1 is 1.50 bits per heavy atom. The molecule has 0 fully saturated rings. The normalized spacial score (nSPS) is 21.1. The third kappa shape index (κ3) is 1.36. The summed E-state index contributed by atoms with van der Waals surface area (Å²) in [4.78, 5) is 0. The highest BCUT2D eigenvalue weighted by Crippen LogP contribution is 2.34. The molecule has 2 rings (SSSR count). The van der Waals surface area contributed by atoms with E-state index in [-0.39, 0.29) is 6.04 Å². The van der Waals surface area contributed by atoms with Crippen LogP contribution in [0.5, 0.6) is 0 Å². The van der Waals surface area contributed by atoms with E-state index in [0.717, 1.165) is 17.9 Å². The Morgan fingerprint density at radius 3 is 3.00 bits per heavy atom. The lowest BCUT2D eigenvalue weighted by atomic mass is 10.1. The van der Waals surface area contributed by atoms with Crippen molar-refractivity contribution in [2.24, 2.45) is 5.73 Å². The average Bonchev–Trinajstić information content (AvgIpc) is 2.31. The molecule has 0 unspecified atom stereocenters. The largest absolute Gasteiger partial charge is 0.324 e. The number of hydrogen-bond donors (Lipinski definition) is 1. The van der Waals surface area contributed by atoms with Crippen molar-refractivity contribution in [1.82, 2.24) is 0 Å². The van der Waals surface area contributed by atoms with E-state index in [4.69, 9.17) is 17.3 Å². The smallest absolute Gasteiger partial charge is 0.0419 e. The first-order chi connectivity index (χ1) is 5.68. The summed E-state index contributed by atoms with van der Waals surface area (Å²) in [6.07, 6.45) is 2.14. The Balaban J connectivity index is 2.60. The van der Waals surface area contributed by atoms with Gasteiger partial charge in [-0.2, -0.15) is 0 Å². The Labute approximate surface area is 90.4 Å². The van der Waals surface area contributed by atoms with Crippen LogP contribution in [0.15, 0.2) is 12.1 Å². The average molecular weight is 294 g/mol. The van der Waals surface area contributed by atoms with Gasteiger partial charge in [0.15, 0.2) is 0 Å². The lowest BCUT2D eigenvalue weighted by Gasteiger charge is -2.07. The van der Waals surface area contributed by atoms with Crippen LogP contribution in [-0.2, 0) is 6.42 Å². The first-order valence-electron chi connectivity index (χ1n) is 3.92. The number of hydrogen-bond acceptors (Lipinski definition) is 1. The molecular weight excluding hydrogens is 284 g/mol. The van der Waals surface area contributed by atoms with E-state index in [1.165, 1.54) is 14.7 Å². The van der Waals surface area contributed by atoms with E-state index in [2.05, 4.69) is 22.6 Å². The molecule has 0 aromatic heterocycles. The standard InChI is InChI=1S/C9H9ClIN/c10-6-3-5-1-2-8(12)9(5)7(11)4-6/h3-4,8H,1-2,12H2/t8-/m0/s1. The van der Waals surface area contributed by atoms with Crippen LogP contribution in [0.25, 0.3) is 0 Å². The summed E-state index contributed by atoms with van der Waals surface area (Å²) in [5, 5.41) is 0.826. The van der Waals surface area contributed by atoms with Crippen LogP contribution in [-0.4, -0.2) is 0 Å². The second-order valence-electron chi connectivity index (χ2n) is 3.11. The van der Waals surface area contributed by atoms with Gasteiger partial charge >= 0.3 is 0 Å². The van der Waals surface area contributed by atoms with Crippen LogP contribution in [0.2, 0.25) is 5.02 Å². The molecule has 1 aliphatic carbocycles. The maximum Gasteiger partial charge on any atom is 0.0419 e. The highest BCUT2D eigenvalue weighted by molar-refractivity contribution is 14.1. The maximum atomic E-state index is 5.95. The molecule has 0 saturated heterocycles. The first kappa shape index (κ1) is 8.78. The van der Waals surface area contributed by atoms with Gasteiger partial charge in [0.25, 0.3) is 0 Å². The van der Waals surface area contributed by atoms with Gasteiger partial charge in [-0.25, -0.2) is 0 Å². The second-order valence-corrected chi connectivity index (χ2v) is 4.70. The summed E-state index contributed by atoms with van der Waals surface area (Å²) in [5.74, 6) is 0. The fourth-order valence-corrected chi connectivity index (χ4v) is 3.22. The predicted octanol–water partition coefficient (Wildman–Crippen LogP) is 2.89. The minimum absolute atomic E-state index is 0.226. The number of halogens is 2. The molecule has 1 nitrogen and oxygen atoms in total. The number of nitrogens with two attached hydrogens (primary N) is 1. The van der Waals surface area contributed by atoms with Crippen molar-refractivity contribution in [1.29, 1.82) is 0 Å². The van der Waals surface area contributed by atoms with E-state index in [1.54, 1.807) is 0 Å². The van der Waals surface area contributed by atoms with Crippen LogP contribution >= 0.6 is 34.2 Å². The van der Waals surface area contributed by atoms with Gasteiger partial charge < -0.3 is 5.73 Å². The van der Waals surface area contributed by atoms with Gasteiger partial charge in [-0.15, -0.1) is 0 Å².